The quantitative estimate of drug-likeness (QED) is 0.313. The van der Waals surface area contributed by atoms with Crippen molar-refractivity contribution in [1.29, 1.82) is 0 Å². The molecule has 40 heavy (non-hydrogen) atoms. The van der Waals surface area contributed by atoms with Gasteiger partial charge in [0.2, 0.25) is 11.8 Å². The molecule has 1 unspecified atom stereocenters. The number of hydrogen-bond acceptors (Lipinski definition) is 6. The molecule has 3 aromatic carbocycles. The predicted molar refractivity (Wildman–Crippen MR) is 158 cm³/mol. The van der Waals surface area contributed by atoms with Gasteiger partial charge in [0.25, 0.3) is 10.0 Å². The monoisotopic (exact) mass is 631 g/mol. The number of anilines is 1. The topological polar surface area (TPSA) is 105 Å². The molecule has 9 nitrogen and oxygen atoms in total. The molecule has 0 spiro atoms. The minimum atomic E-state index is -4.19. The summed E-state index contributed by atoms with van der Waals surface area (Å²) in [5.41, 5.74) is 0.988. The van der Waals surface area contributed by atoms with Crippen molar-refractivity contribution >= 4 is 43.5 Å². The predicted octanol–water partition coefficient (Wildman–Crippen LogP) is 4.60. The standard InChI is InChI=1S/C29H34BrN3O6S/c1-20(2)31-29(35)21(3)32(18-22-11-13-23(30)14-12-22)28(34)19-33(40(36,37)25-9-7-6-8-10-25)24-15-16-26(38-4)27(17-24)39-5/h6-17,20-21H,18-19H2,1-5H3,(H,31,35). The molecule has 0 heterocycles. The van der Waals surface area contributed by atoms with Gasteiger partial charge in [-0.05, 0) is 62.7 Å². The van der Waals surface area contributed by atoms with Gasteiger partial charge in [-0.3, -0.25) is 13.9 Å². The average molecular weight is 633 g/mol. The number of halogens is 1. The third-order valence-electron chi connectivity index (χ3n) is 6.13. The van der Waals surface area contributed by atoms with E-state index in [9.17, 15) is 18.0 Å². The fourth-order valence-corrected chi connectivity index (χ4v) is 5.69. The van der Waals surface area contributed by atoms with Crippen LogP contribution in [0.15, 0.2) is 82.2 Å². The average Bonchev–Trinajstić information content (AvgIpc) is 2.94. The van der Waals surface area contributed by atoms with Crippen molar-refractivity contribution in [3.63, 3.8) is 0 Å². The Morgan fingerprint density at radius 2 is 1.52 bits per heavy atom. The lowest BCUT2D eigenvalue weighted by atomic mass is 10.1. The van der Waals surface area contributed by atoms with Crippen LogP contribution in [-0.2, 0) is 26.2 Å². The van der Waals surface area contributed by atoms with Gasteiger partial charge in [0.05, 0.1) is 24.8 Å². The van der Waals surface area contributed by atoms with E-state index in [1.165, 1.54) is 37.3 Å². The normalized spacial score (nSPS) is 12.0. The summed E-state index contributed by atoms with van der Waals surface area (Å²) in [6.07, 6.45) is 0. The summed E-state index contributed by atoms with van der Waals surface area (Å²) in [6, 6.07) is 18.8. The minimum Gasteiger partial charge on any atom is -0.493 e. The van der Waals surface area contributed by atoms with Crippen molar-refractivity contribution in [3.8, 4) is 11.5 Å². The Balaban J connectivity index is 2.07. The first kappa shape index (κ1) is 31.0. The number of ether oxygens (including phenoxy) is 2. The third kappa shape index (κ3) is 7.54. The van der Waals surface area contributed by atoms with Gasteiger partial charge < -0.3 is 19.7 Å². The second-order valence-corrected chi connectivity index (χ2v) is 12.1. The molecule has 3 rings (SSSR count). The van der Waals surface area contributed by atoms with Crippen molar-refractivity contribution in [1.82, 2.24) is 10.2 Å². The summed E-state index contributed by atoms with van der Waals surface area (Å²) >= 11 is 3.41. The molecule has 3 aromatic rings. The number of carbonyl (C=O) groups excluding carboxylic acids is 2. The zero-order valence-electron chi connectivity index (χ0n) is 23.1. The van der Waals surface area contributed by atoms with Gasteiger partial charge in [-0.15, -0.1) is 0 Å². The van der Waals surface area contributed by atoms with Crippen LogP contribution in [0.4, 0.5) is 5.69 Å². The number of rotatable bonds is 12. The van der Waals surface area contributed by atoms with Gasteiger partial charge in [0.1, 0.15) is 12.6 Å². The third-order valence-corrected chi connectivity index (χ3v) is 8.45. The Bertz CT molecular complexity index is 1420. The molecule has 0 aliphatic rings. The number of amides is 2. The molecule has 2 amide bonds. The molecule has 1 atom stereocenters. The highest BCUT2D eigenvalue weighted by Crippen LogP contribution is 2.34. The van der Waals surface area contributed by atoms with Crippen LogP contribution in [0.1, 0.15) is 26.3 Å². The highest BCUT2D eigenvalue weighted by Gasteiger charge is 2.33. The SMILES string of the molecule is COc1ccc(N(CC(=O)N(Cc2ccc(Br)cc2)C(C)C(=O)NC(C)C)S(=O)(=O)c2ccccc2)cc1OC. The highest BCUT2D eigenvalue weighted by atomic mass is 79.9. The van der Waals surface area contributed by atoms with Gasteiger partial charge in [-0.1, -0.05) is 46.3 Å². The Morgan fingerprint density at radius 3 is 2.10 bits per heavy atom. The number of benzene rings is 3. The Hall–Kier alpha value is -3.57. The van der Waals surface area contributed by atoms with Crippen molar-refractivity contribution in [3.05, 3.63) is 82.8 Å². The van der Waals surface area contributed by atoms with Crippen LogP contribution in [0.5, 0.6) is 11.5 Å². The van der Waals surface area contributed by atoms with Crippen molar-refractivity contribution < 1.29 is 27.5 Å². The van der Waals surface area contributed by atoms with Gasteiger partial charge in [-0.25, -0.2) is 8.42 Å². The second kappa shape index (κ2) is 13.7. The van der Waals surface area contributed by atoms with Crippen LogP contribution in [0.2, 0.25) is 0 Å². The van der Waals surface area contributed by atoms with E-state index in [1.54, 1.807) is 37.3 Å². The Labute approximate surface area is 244 Å². The number of nitrogens with one attached hydrogen (secondary N) is 1. The lowest BCUT2D eigenvalue weighted by molar-refractivity contribution is -0.139. The van der Waals surface area contributed by atoms with E-state index < -0.39 is 28.5 Å². The molecule has 0 aliphatic carbocycles. The molecular formula is C29H34BrN3O6S. The number of carbonyl (C=O) groups is 2. The summed E-state index contributed by atoms with van der Waals surface area (Å²) in [7, 11) is -1.27. The minimum absolute atomic E-state index is 0.0163. The van der Waals surface area contributed by atoms with E-state index in [2.05, 4.69) is 21.2 Å². The number of hydrogen-bond donors (Lipinski definition) is 1. The maximum absolute atomic E-state index is 14.0. The first-order chi connectivity index (χ1) is 19.0. The number of sulfonamides is 1. The summed E-state index contributed by atoms with van der Waals surface area (Å²) in [5.74, 6) is -0.185. The largest absolute Gasteiger partial charge is 0.493 e. The molecular weight excluding hydrogens is 598 g/mol. The lowest BCUT2D eigenvalue weighted by Gasteiger charge is -2.32. The molecule has 0 saturated heterocycles. The van der Waals surface area contributed by atoms with Crippen LogP contribution in [0.3, 0.4) is 0 Å². The van der Waals surface area contributed by atoms with E-state index in [0.29, 0.717) is 11.5 Å². The molecule has 0 saturated carbocycles. The maximum atomic E-state index is 14.0. The van der Waals surface area contributed by atoms with Crippen molar-refractivity contribution in [2.45, 2.75) is 44.3 Å². The maximum Gasteiger partial charge on any atom is 0.264 e. The van der Waals surface area contributed by atoms with Gasteiger partial charge in [0, 0.05) is 23.1 Å². The molecule has 11 heteroatoms. The zero-order chi connectivity index (χ0) is 29.4. The van der Waals surface area contributed by atoms with E-state index in [1.807, 2.05) is 38.1 Å². The van der Waals surface area contributed by atoms with E-state index in [4.69, 9.17) is 9.47 Å². The summed E-state index contributed by atoms with van der Waals surface area (Å²) in [5, 5.41) is 2.84. The molecule has 0 aliphatic heterocycles. The van der Waals surface area contributed by atoms with Gasteiger partial charge in [0.15, 0.2) is 11.5 Å². The summed E-state index contributed by atoms with van der Waals surface area (Å²) < 4.78 is 40.4. The van der Waals surface area contributed by atoms with E-state index >= 15 is 0 Å². The molecule has 0 fully saturated rings. The number of methoxy groups -OCH3 is 2. The lowest BCUT2D eigenvalue weighted by Crippen LogP contribution is -2.52. The van der Waals surface area contributed by atoms with E-state index in [0.717, 1.165) is 14.3 Å². The molecule has 1 N–H and O–H groups in total. The first-order valence-electron chi connectivity index (χ1n) is 12.6. The summed E-state index contributed by atoms with van der Waals surface area (Å²) in [6.45, 7) is 4.83. The van der Waals surface area contributed by atoms with Crippen LogP contribution in [0, 0.1) is 0 Å². The molecule has 214 valence electrons. The fraction of sp³-hybridized carbons (Fsp3) is 0.310. The van der Waals surface area contributed by atoms with Crippen LogP contribution in [-0.4, -0.2) is 58.0 Å². The van der Waals surface area contributed by atoms with Crippen LogP contribution >= 0.6 is 15.9 Å². The van der Waals surface area contributed by atoms with Crippen molar-refractivity contribution in [2.75, 3.05) is 25.1 Å². The smallest absolute Gasteiger partial charge is 0.264 e. The second-order valence-electron chi connectivity index (χ2n) is 9.35. The molecule has 0 bridgehead atoms. The van der Waals surface area contributed by atoms with Crippen LogP contribution < -0.4 is 19.1 Å². The number of nitrogens with zero attached hydrogens (tertiary/aromatic N) is 2. The van der Waals surface area contributed by atoms with Gasteiger partial charge in [-0.2, -0.15) is 0 Å². The Kier molecular flexibility index (Phi) is 10.6. The highest BCUT2D eigenvalue weighted by molar-refractivity contribution is 9.10. The Morgan fingerprint density at radius 1 is 0.900 bits per heavy atom. The zero-order valence-corrected chi connectivity index (χ0v) is 25.5. The van der Waals surface area contributed by atoms with Crippen LogP contribution in [0.25, 0.3) is 0 Å². The summed E-state index contributed by atoms with van der Waals surface area (Å²) in [4.78, 5) is 28.4. The fourth-order valence-electron chi connectivity index (χ4n) is 4.00. The van der Waals surface area contributed by atoms with Crippen molar-refractivity contribution in [2.24, 2.45) is 0 Å². The molecule has 0 aromatic heterocycles. The van der Waals surface area contributed by atoms with Gasteiger partial charge >= 0.3 is 0 Å². The first-order valence-corrected chi connectivity index (χ1v) is 14.8. The molecule has 0 radical (unpaired) electrons. The van der Waals surface area contributed by atoms with E-state index in [-0.39, 0.29) is 29.1 Å².